The Balaban J connectivity index is 1.64. The number of carbonyl (C=O) groups is 1. The average Bonchev–Trinajstić information content (AvgIpc) is 2.94. The average molecular weight is 296 g/mol. The number of rotatable bonds is 3. The van der Waals surface area contributed by atoms with Crippen molar-refractivity contribution >= 4 is 5.91 Å². The third kappa shape index (κ3) is 3.15. The van der Waals surface area contributed by atoms with Crippen LogP contribution >= 0.6 is 0 Å². The van der Waals surface area contributed by atoms with E-state index in [1.807, 2.05) is 4.90 Å². The van der Waals surface area contributed by atoms with Gasteiger partial charge in [-0.1, -0.05) is 0 Å². The van der Waals surface area contributed by atoms with Crippen LogP contribution in [-0.4, -0.2) is 43.1 Å². The summed E-state index contributed by atoms with van der Waals surface area (Å²) in [6.45, 7) is -0.314. The number of nitrogens with one attached hydrogen (secondary N) is 1. The largest absolute Gasteiger partial charge is 0.435 e. The minimum Gasteiger partial charge on any atom is -0.435 e. The third-order valence-corrected chi connectivity index (χ3v) is 4.27. The predicted octanol–water partition coefficient (Wildman–Crippen LogP) is 2.11. The zero-order valence-corrected chi connectivity index (χ0v) is 11.6. The monoisotopic (exact) mass is 296 g/mol. The molecule has 3 rings (SSSR count). The molecule has 0 saturated carbocycles. The molecule has 1 N–H and O–H groups in total. The van der Waals surface area contributed by atoms with Crippen molar-refractivity contribution in [2.75, 3.05) is 19.6 Å². The molecular formula is C15H18F2N2O2. The number of benzene rings is 1. The Kier molecular flexibility index (Phi) is 4.05. The number of likely N-dealkylation sites (tertiary alicyclic amines) is 1. The Labute approximate surface area is 122 Å². The molecule has 0 aliphatic carbocycles. The van der Waals surface area contributed by atoms with Crippen molar-refractivity contribution in [3.8, 4) is 5.75 Å². The fourth-order valence-electron chi connectivity index (χ4n) is 3.19. The summed E-state index contributed by atoms with van der Waals surface area (Å²) < 4.78 is 28.5. The third-order valence-electron chi connectivity index (χ3n) is 4.27. The summed E-state index contributed by atoms with van der Waals surface area (Å²) in [6, 6.07) is 6.43. The predicted molar refractivity (Wildman–Crippen MR) is 73.5 cm³/mol. The highest BCUT2D eigenvalue weighted by molar-refractivity contribution is 5.94. The minimum absolute atomic E-state index is 0.0380. The number of fused-ring (bicyclic) bond motifs is 1. The number of carbonyl (C=O) groups excluding carboxylic acids is 1. The Bertz CT molecular complexity index is 507. The lowest BCUT2D eigenvalue weighted by Crippen LogP contribution is -2.46. The molecule has 2 aliphatic rings. The van der Waals surface area contributed by atoms with Crippen molar-refractivity contribution in [1.82, 2.24) is 10.2 Å². The number of alkyl halides is 2. The van der Waals surface area contributed by atoms with Gasteiger partial charge in [0.05, 0.1) is 0 Å². The van der Waals surface area contributed by atoms with Gasteiger partial charge in [-0.05, 0) is 49.6 Å². The van der Waals surface area contributed by atoms with Crippen molar-refractivity contribution in [2.24, 2.45) is 5.92 Å². The second-order valence-corrected chi connectivity index (χ2v) is 5.55. The van der Waals surface area contributed by atoms with Gasteiger partial charge >= 0.3 is 6.61 Å². The van der Waals surface area contributed by atoms with Gasteiger partial charge in [0.15, 0.2) is 0 Å². The van der Waals surface area contributed by atoms with Crippen LogP contribution in [-0.2, 0) is 0 Å². The van der Waals surface area contributed by atoms with E-state index in [9.17, 15) is 13.6 Å². The van der Waals surface area contributed by atoms with E-state index in [-0.39, 0.29) is 11.7 Å². The molecule has 2 unspecified atom stereocenters. The topological polar surface area (TPSA) is 41.6 Å². The summed E-state index contributed by atoms with van der Waals surface area (Å²) in [5.74, 6) is 0.563. The molecule has 114 valence electrons. The number of ether oxygens (including phenoxy) is 1. The smallest absolute Gasteiger partial charge is 0.387 e. The molecule has 1 aromatic rings. The summed E-state index contributed by atoms with van der Waals surface area (Å²) in [7, 11) is 0. The van der Waals surface area contributed by atoms with Gasteiger partial charge < -0.3 is 15.0 Å². The fraction of sp³-hybridized carbons (Fsp3) is 0.533. The Morgan fingerprint density at radius 3 is 2.76 bits per heavy atom. The molecule has 1 amide bonds. The van der Waals surface area contributed by atoms with Crippen molar-refractivity contribution in [1.29, 1.82) is 0 Å². The first-order valence-corrected chi connectivity index (χ1v) is 7.21. The lowest BCUT2D eigenvalue weighted by Gasteiger charge is -2.34. The van der Waals surface area contributed by atoms with Crippen LogP contribution in [0.3, 0.4) is 0 Å². The quantitative estimate of drug-likeness (QED) is 0.929. The molecule has 2 saturated heterocycles. The minimum atomic E-state index is -2.85. The second-order valence-electron chi connectivity index (χ2n) is 5.55. The van der Waals surface area contributed by atoms with Crippen LogP contribution < -0.4 is 10.1 Å². The highest BCUT2D eigenvalue weighted by Crippen LogP contribution is 2.26. The summed E-state index contributed by atoms with van der Waals surface area (Å²) in [6.07, 6.45) is 2.08. The molecule has 2 fully saturated rings. The molecule has 21 heavy (non-hydrogen) atoms. The van der Waals surface area contributed by atoms with Crippen LogP contribution in [0.1, 0.15) is 23.2 Å². The molecular weight excluding hydrogens is 278 g/mol. The summed E-state index contributed by atoms with van der Waals surface area (Å²) in [5.41, 5.74) is 0.515. The zero-order chi connectivity index (χ0) is 14.8. The first-order valence-electron chi connectivity index (χ1n) is 7.21. The van der Waals surface area contributed by atoms with Gasteiger partial charge in [-0.2, -0.15) is 8.78 Å². The van der Waals surface area contributed by atoms with E-state index in [1.54, 1.807) is 12.1 Å². The standard InChI is InChI=1S/C15H18F2N2O2/c16-15(17)21-12-3-1-10(2-4-12)14(20)19-8-6-13-11(9-19)5-7-18-13/h1-4,11,13,15,18H,5-9H2. The van der Waals surface area contributed by atoms with Crippen molar-refractivity contribution in [3.05, 3.63) is 29.8 Å². The molecule has 0 aromatic heterocycles. The van der Waals surface area contributed by atoms with Crippen LogP contribution in [0.25, 0.3) is 0 Å². The van der Waals surface area contributed by atoms with Crippen molar-refractivity contribution in [2.45, 2.75) is 25.5 Å². The number of halogens is 2. The number of hydrogen-bond acceptors (Lipinski definition) is 3. The Morgan fingerprint density at radius 2 is 2.05 bits per heavy atom. The van der Waals surface area contributed by atoms with Gasteiger partial charge in [0.2, 0.25) is 0 Å². The SMILES string of the molecule is O=C(c1ccc(OC(F)F)cc1)N1CCC2NCCC2C1. The maximum Gasteiger partial charge on any atom is 0.387 e. The fourth-order valence-corrected chi connectivity index (χ4v) is 3.19. The molecule has 6 heteroatoms. The van der Waals surface area contributed by atoms with Gasteiger partial charge in [-0.25, -0.2) is 0 Å². The molecule has 4 nitrogen and oxygen atoms in total. The van der Waals surface area contributed by atoms with Gasteiger partial charge in [0, 0.05) is 24.7 Å². The lowest BCUT2D eigenvalue weighted by molar-refractivity contribution is -0.0498. The Morgan fingerprint density at radius 1 is 1.29 bits per heavy atom. The maximum atomic E-state index is 12.4. The summed E-state index contributed by atoms with van der Waals surface area (Å²) in [4.78, 5) is 14.3. The van der Waals surface area contributed by atoms with Gasteiger partial charge in [0.1, 0.15) is 5.75 Å². The van der Waals surface area contributed by atoms with E-state index in [4.69, 9.17) is 0 Å². The van der Waals surface area contributed by atoms with Crippen LogP contribution in [0.4, 0.5) is 8.78 Å². The van der Waals surface area contributed by atoms with Gasteiger partial charge in [-0.3, -0.25) is 4.79 Å². The van der Waals surface area contributed by atoms with Crippen molar-refractivity contribution < 1.29 is 18.3 Å². The van der Waals surface area contributed by atoms with E-state index >= 15 is 0 Å². The van der Waals surface area contributed by atoms with Crippen LogP contribution in [0.2, 0.25) is 0 Å². The number of hydrogen-bond donors (Lipinski definition) is 1. The van der Waals surface area contributed by atoms with E-state index in [2.05, 4.69) is 10.1 Å². The van der Waals surface area contributed by atoms with E-state index < -0.39 is 6.61 Å². The first-order chi connectivity index (χ1) is 10.1. The van der Waals surface area contributed by atoms with E-state index in [0.29, 0.717) is 17.5 Å². The van der Waals surface area contributed by atoms with Crippen LogP contribution in [0, 0.1) is 5.92 Å². The zero-order valence-electron chi connectivity index (χ0n) is 11.6. The highest BCUT2D eigenvalue weighted by atomic mass is 19.3. The van der Waals surface area contributed by atoms with Crippen LogP contribution in [0.15, 0.2) is 24.3 Å². The normalized spacial score (nSPS) is 25.0. The second kappa shape index (κ2) is 5.97. The first kappa shape index (κ1) is 14.3. The lowest BCUT2D eigenvalue weighted by atomic mass is 9.93. The Hall–Kier alpha value is -1.69. The van der Waals surface area contributed by atoms with Crippen molar-refractivity contribution in [3.63, 3.8) is 0 Å². The van der Waals surface area contributed by atoms with Gasteiger partial charge in [0.25, 0.3) is 5.91 Å². The number of piperidine rings is 1. The molecule has 0 bridgehead atoms. The number of amides is 1. The summed E-state index contributed by atoms with van der Waals surface area (Å²) >= 11 is 0. The molecule has 2 atom stereocenters. The summed E-state index contributed by atoms with van der Waals surface area (Å²) in [5, 5.41) is 3.46. The van der Waals surface area contributed by atoms with Gasteiger partial charge in [-0.15, -0.1) is 0 Å². The highest BCUT2D eigenvalue weighted by Gasteiger charge is 2.34. The number of nitrogens with zero attached hydrogens (tertiary/aromatic N) is 1. The maximum absolute atomic E-state index is 12.4. The molecule has 2 heterocycles. The van der Waals surface area contributed by atoms with E-state index in [0.717, 1.165) is 32.5 Å². The molecule has 2 aliphatic heterocycles. The molecule has 1 aromatic carbocycles. The van der Waals surface area contributed by atoms with Crippen LogP contribution in [0.5, 0.6) is 5.75 Å². The molecule has 0 spiro atoms. The molecule has 0 radical (unpaired) electrons. The van der Waals surface area contributed by atoms with E-state index in [1.165, 1.54) is 12.1 Å².